The van der Waals surface area contributed by atoms with Gasteiger partial charge < -0.3 is 10.2 Å². The van der Waals surface area contributed by atoms with Crippen LogP contribution >= 0.6 is 0 Å². The number of rotatable bonds is 5. The predicted octanol–water partition coefficient (Wildman–Crippen LogP) is 3.79. The van der Waals surface area contributed by atoms with E-state index in [0.717, 1.165) is 42.9 Å². The molecule has 0 saturated carbocycles. The Morgan fingerprint density at radius 2 is 1.82 bits per heavy atom. The molecule has 1 aromatic heterocycles. The smallest absolute Gasteiger partial charge is 0.251 e. The zero-order chi connectivity index (χ0) is 19.2. The van der Waals surface area contributed by atoms with Gasteiger partial charge in [0.1, 0.15) is 5.82 Å². The molecule has 4 rings (SSSR count). The molecule has 28 heavy (non-hydrogen) atoms. The molecular formula is C23H24N4O. The normalized spacial score (nSPS) is 16.6. The van der Waals surface area contributed by atoms with Gasteiger partial charge in [0.15, 0.2) is 0 Å². The van der Waals surface area contributed by atoms with Crippen LogP contribution in [0.5, 0.6) is 0 Å². The summed E-state index contributed by atoms with van der Waals surface area (Å²) in [5.41, 5.74) is 2.96. The molecule has 1 unspecified atom stereocenters. The lowest BCUT2D eigenvalue weighted by atomic mass is 9.98. The van der Waals surface area contributed by atoms with Crippen molar-refractivity contribution >= 4 is 11.7 Å². The number of aromatic nitrogens is 2. The maximum Gasteiger partial charge on any atom is 0.251 e. The molecule has 0 spiro atoms. The second kappa shape index (κ2) is 8.65. The Balaban J connectivity index is 1.33. The van der Waals surface area contributed by atoms with Crippen molar-refractivity contribution < 1.29 is 4.79 Å². The molecule has 1 aliphatic heterocycles. The molecule has 1 saturated heterocycles. The van der Waals surface area contributed by atoms with Crippen LogP contribution in [-0.2, 0) is 0 Å². The van der Waals surface area contributed by atoms with Gasteiger partial charge in [0, 0.05) is 37.6 Å². The summed E-state index contributed by atoms with van der Waals surface area (Å²) in [6.07, 6.45) is 7.43. The van der Waals surface area contributed by atoms with Gasteiger partial charge in [-0.1, -0.05) is 42.5 Å². The molecule has 1 fully saturated rings. The highest BCUT2D eigenvalue weighted by atomic mass is 16.1. The topological polar surface area (TPSA) is 58.1 Å². The quantitative estimate of drug-likeness (QED) is 0.740. The van der Waals surface area contributed by atoms with Gasteiger partial charge in [-0.3, -0.25) is 9.78 Å². The Labute approximate surface area is 165 Å². The van der Waals surface area contributed by atoms with Crippen molar-refractivity contribution in [3.8, 4) is 11.1 Å². The predicted molar refractivity (Wildman–Crippen MR) is 111 cm³/mol. The molecule has 2 aromatic carbocycles. The largest absolute Gasteiger partial charge is 0.355 e. The summed E-state index contributed by atoms with van der Waals surface area (Å²) in [6, 6.07) is 18.0. The first-order valence-electron chi connectivity index (χ1n) is 9.74. The minimum atomic E-state index is -0.0174. The standard InChI is InChI=1S/C23H24N4O/c28-23(21-10-8-20(9-11-21)19-6-2-1-3-7-19)26-15-18-5-4-14-27(17-18)22-16-24-12-13-25-22/h1-3,6-13,16,18H,4-5,14-15,17H2,(H,26,28). The highest BCUT2D eigenvalue weighted by Crippen LogP contribution is 2.21. The van der Waals surface area contributed by atoms with Crippen molar-refractivity contribution in [2.75, 3.05) is 24.5 Å². The second-order valence-corrected chi connectivity index (χ2v) is 7.17. The molecule has 3 aromatic rings. The van der Waals surface area contributed by atoms with Crippen LogP contribution in [0.1, 0.15) is 23.2 Å². The van der Waals surface area contributed by atoms with Crippen LogP contribution in [0.4, 0.5) is 5.82 Å². The van der Waals surface area contributed by atoms with Crippen LogP contribution in [-0.4, -0.2) is 35.5 Å². The summed E-state index contributed by atoms with van der Waals surface area (Å²) in [7, 11) is 0. The SMILES string of the molecule is O=C(NCC1CCCN(c2cnccn2)C1)c1ccc(-c2ccccc2)cc1. The number of carbonyl (C=O) groups is 1. The summed E-state index contributed by atoms with van der Waals surface area (Å²) in [5.74, 6) is 1.31. The molecule has 1 atom stereocenters. The second-order valence-electron chi connectivity index (χ2n) is 7.17. The maximum atomic E-state index is 12.5. The van der Waals surface area contributed by atoms with Gasteiger partial charge in [0.25, 0.3) is 5.91 Å². The molecule has 2 heterocycles. The molecule has 0 radical (unpaired) electrons. The number of anilines is 1. The Bertz CT molecular complexity index is 897. The maximum absolute atomic E-state index is 12.5. The number of carbonyl (C=O) groups excluding carboxylic acids is 1. The summed E-state index contributed by atoms with van der Waals surface area (Å²) < 4.78 is 0. The fourth-order valence-electron chi connectivity index (χ4n) is 3.68. The number of benzene rings is 2. The van der Waals surface area contributed by atoms with E-state index in [1.54, 1.807) is 18.6 Å². The summed E-state index contributed by atoms with van der Waals surface area (Å²) in [4.78, 5) is 23.3. The first-order chi connectivity index (χ1) is 13.8. The molecule has 0 bridgehead atoms. The first-order valence-corrected chi connectivity index (χ1v) is 9.74. The molecule has 142 valence electrons. The number of nitrogens with zero attached hydrogens (tertiary/aromatic N) is 3. The van der Waals surface area contributed by atoms with Crippen LogP contribution in [0.3, 0.4) is 0 Å². The van der Waals surface area contributed by atoms with E-state index in [2.05, 4.69) is 32.3 Å². The van der Waals surface area contributed by atoms with E-state index in [0.29, 0.717) is 18.0 Å². The van der Waals surface area contributed by atoms with E-state index in [9.17, 15) is 4.79 Å². The number of amides is 1. The van der Waals surface area contributed by atoms with Crippen LogP contribution in [0.2, 0.25) is 0 Å². The van der Waals surface area contributed by atoms with Crippen LogP contribution in [0.15, 0.2) is 73.2 Å². The first kappa shape index (κ1) is 18.2. The van der Waals surface area contributed by atoms with E-state index in [4.69, 9.17) is 0 Å². The summed E-state index contributed by atoms with van der Waals surface area (Å²) in [6.45, 7) is 2.56. The van der Waals surface area contributed by atoms with Crippen LogP contribution < -0.4 is 10.2 Å². The monoisotopic (exact) mass is 372 g/mol. The van der Waals surface area contributed by atoms with Crippen LogP contribution in [0.25, 0.3) is 11.1 Å². The number of hydrogen-bond donors (Lipinski definition) is 1. The lowest BCUT2D eigenvalue weighted by Crippen LogP contribution is -2.41. The zero-order valence-electron chi connectivity index (χ0n) is 15.8. The molecule has 5 nitrogen and oxygen atoms in total. The fourth-order valence-corrected chi connectivity index (χ4v) is 3.68. The van der Waals surface area contributed by atoms with Crippen molar-refractivity contribution in [2.24, 2.45) is 5.92 Å². The van der Waals surface area contributed by atoms with Crippen molar-refractivity contribution in [3.05, 3.63) is 78.8 Å². The van der Waals surface area contributed by atoms with Crippen molar-refractivity contribution in [2.45, 2.75) is 12.8 Å². The average molecular weight is 372 g/mol. The highest BCUT2D eigenvalue weighted by Gasteiger charge is 2.21. The minimum absolute atomic E-state index is 0.0174. The molecular weight excluding hydrogens is 348 g/mol. The third kappa shape index (κ3) is 4.36. The van der Waals surface area contributed by atoms with E-state index in [1.165, 1.54) is 0 Å². The van der Waals surface area contributed by atoms with Crippen molar-refractivity contribution in [1.29, 1.82) is 0 Å². The molecule has 1 amide bonds. The van der Waals surface area contributed by atoms with E-state index < -0.39 is 0 Å². The Morgan fingerprint density at radius 1 is 1.04 bits per heavy atom. The molecule has 5 heteroatoms. The van der Waals surface area contributed by atoms with Gasteiger partial charge in [-0.05, 0) is 42.0 Å². The van der Waals surface area contributed by atoms with Gasteiger partial charge in [-0.15, -0.1) is 0 Å². The van der Waals surface area contributed by atoms with Gasteiger partial charge in [0.05, 0.1) is 6.20 Å². The van der Waals surface area contributed by atoms with E-state index in [1.807, 2.05) is 42.5 Å². The summed E-state index contributed by atoms with van der Waals surface area (Å²) in [5, 5.41) is 3.10. The van der Waals surface area contributed by atoms with Gasteiger partial charge >= 0.3 is 0 Å². The van der Waals surface area contributed by atoms with Crippen LogP contribution in [0, 0.1) is 5.92 Å². The van der Waals surface area contributed by atoms with E-state index in [-0.39, 0.29) is 5.91 Å². The van der Waals surface area contributed by atoms with Gasteiger partial charge in [0.2, 0.25) is 0 Å². The zero-order valence-corrected chi connectivity index (χ0v) is 15.8. The Morgan fingerprint density at radius 3 is 2.57 bits per heavy atom. The Kier molecular flexibility index (Phi) is 5.61. The fraction of sp³-hybridized carbons (Fsp3) is 0.261. The van der Waals surface area contributed by atoms with Crippen molar-refractivity contribution in [1.82, 2.24) is 15.3 Å². The molecule has 0 aliphatic carbocycles. The Hall–Kier alpha value is -3.21. The van der Waals surface area contributed by atoms with Crippen molar-refractivity contribution in [3.63, 3.8) is 0 Å². The van der Waals surface area contributed by atoms with E-state index >= 15 is 0 Å². The van der Waals surface area contributed by atoms with Gasteiger partial charge in [-0.25, -0.2) is 4.98 Å². The third-order valence-corrected chi connectivity index (χ3v) is 5.20. The lowest BCUT2D eigenvalue weighted by molar-refractivity contribution is 0.0945. The minimum Gasteiger partial charge on any atom is -0.355 e. The molecule has 1 aliphatic rings. The number of piperidine rings is 1. The molecule has 1 N–H and O–H groups in total. The lowest BCUT2D eigenvalue weighted by Gasteiger charge is -2.33. The van der Waals surface area contributed by atoms with Gasteiger partial charge in [-0.2, -0.15) is 0 Å². The summed E-state index contributed by atoms with van der Waals surface area (Å²) >= 11 is 0. The number of nitrogens with one attached hydrogen (secondary N) is 1. The highest BCUT2D eigenvalue weighted by molar-refractivity contribution is 5.94. The number of hydrogen-bond acceptors (Lipinski definition) is 4. The average Bonchev–Trinajstić information content (AvgIpc) is 2.79. The third-order valence-electron chi connectivity index (χ3n) is 5.20.